The van der Waals surface area contributed by atoms with Crippen molar-refractivity contribution >= 4 is 25.5 Å². The average molecular weight is 520 g/mol. The van der Waals surface area contributed by atoms with Gasteiger partial charge in [-0.2, -0.15) is 0 Å². The maximum absolute atomic E-state index is 13.0. The second kappa shape index (κ2) is 13.8. The Bertz CT molecular complexity index is 1060. The molecule has 0 unspecified atom stereocenters. The summed E-state index contributed by atoms with van der Waals surface area (Å²) >= 11 is 0. The van der Waals surface area contributed by atoms with Gasteiger partial charge in [0.05, 0.1) is 0 Å². The lowest BCUT2D eigenvalue weighted by atomic mass is 10.0. The zero-order chi connectivity index (χ0) is 26.7. The van der Waals surface area contributed by atoms with Gasteiger partial charge in [-0.05, 0) is 42.0 Å². The minimum absolute atomic E-state index is 0.0311. The van der Waals surface area contributed by atoms with Crippen molar-refractivity contribution in [2.75, 3.05) is 6.54 Å². The SMILES string of the molecule is CC(=O)N[C@@H](Cc1ccc(OP(=O)(O)O)cc1)C(=O)N[C@H](C(=O)NCCCc1ccccc1)C(C)C. The normalized spacial score (nSPS) is 12.9. The summed E-state index contributed by atoms with van der Waals surface area (Å²) < 4.78 is 15.5. The summed E-state index contributed by atoms with van der Waals surface area (Å²) in [5.41, 5.74) is 1.80. The van der Waals surface area contributed by atoms with E-state index in [1.807, 2.05) is 44.2 Å². The zero-order valence-corrected chi connectivity index (χ0v) is 21.5. The van der Waals surface area contributed by atoms with Gasteiger partial charge in [0.1, 0.15) is 17.8 Å². The van der Waals surface area contributed by atoms with Gasteiger partial charge in [0, 0.05) is 19.9 Å². The van der Waals surface area contributed by atoms with E-state index < -0.39 is 31.7 Å². The third-order valence-corrected chi connectivity index (χ3v) is 5.76. The first-order valence-electron chi connectivity index (χ1n) is 11.7. The Morgan fingerprint density at radius 3 is 2.11 bits per heavy atom. The zero-order valence-electron chi connectivity index (χ0n) is 20.6. The predicted octanol–water partition coefficient (Wildman–Crippen LogP) is 2.10. The van der Waals surface area contributed by atoms with Gasteiger partial charge in [-0.3, -0.25) is 24.2 Å². The molecule has 0 fully saturated rings. The molecule has 2 aromatic rings. The lowest BCUT2D eigenvalue weighted by Crippen LogP contribution is -2.56. The number of hydrogen-bond donors (Lipinski definition) is 5. The molecular weight excluding hydrogens is 485 g/mol. The third kappa shape index (κ3) is 10.6. The highest BCUT2D eigenvalue weighted by atomic mass is 31.2. The van der Waals surface area contributed by atoms with Crippen LogP contribution in [0, 0.1) is 5.92 Å². The molecule has 0 saturated heterocycles. The van der Waals surface area contributed by atoms with Crippen molar-refractivity contribution in [2.24, 2.45) is 5.92 Å². The Kier molecular flexibility index (Phi) is 11.1. The molecule has 0 radical (unpaired) electrons. The molecule has 196 valence electrons. The number of hydrogen-bond acceptors (Lipinski definition) is 5. The Hall–Kier alpha value is -3.20. The van der Waals surface area contributed by atoms with Crippen molar-refractivity contribution in [3.8, 4) is 5.75 Å². The molecule has 10 nitrogen and oxygen atoms in total. The Morgan fingerprint density at radius 2 is 1.56 bits per heavy atom. The van der Waals surface area contributed by atoms with E-state index >= 15 is 0 Å². The smallest absolute Gasteiger partial charge is 0.404 e. The number of carbonyl (C=O) groups is 3. The number of nitrogens with one attached hydrogen (secondary N) is 3. The number of amides is 3. The maximum Gasteiger partial charge on any atom is 0.524 e. The summed E-state index contributed by atoms with van der Waals surface area (Å²) in [5.74, 6) is -1.45. The van der Waals surface area contributed by atoms with E-state index in [2.05, 4.69) is 20.5 Å². The van der Waals surface area contributed by atoms with Crippen LogP contribution < -0.4 is 20.5 Å². The van der Waals surface area contributed by atoms with E-state index in [4.69, 9.17) is 9.79 Å². The van der Waals surface area contributed by atoms with E-state index in [1.54, 1.807) is 0 Å². The van der Waals surface area contributed by atoms with Crippen LogP contribution in [-0.4, -0.2) is 46.1 Å². The van der Waals surface area contributed by atoms with E-state index in [1.165, 1.54) is 36.8 Å². The number of rotatable bonds is 13. The van der Waals surface area contributed by atoms with Crippen LogP contribution in [0.4, 0.5) is 0 Å². The van der Waals surface area contributed by atoms with Crippen LogP contribution in [0.5, 0.6) is 5.75 Å². The van der Waals surface area contributed by atoms with Gasteiger partial charge in [0.25, 0.3) is 0 Å². The van der Waals surface area contributed by atoms with E-state index in [0.29, 0.717) is 12.1 Å². The summed E-state index contributed by atoms with van der Waals surface area (Å²) in [7, 11) is -4.69. The molecule has 0 aliphatic carbocycles. The fraction of sp³-hybridized carbons (Fsp3) is 0.400. The highest BCUT2D eigenvalue weighted by Crippen LogP contribution is 2.37. The van der Waals surface area contributed by atoms with Gasteiger partial charge < -0.3 is 20.5 Å². The van der Waals surface area contributed by atoms with Crippen molar-refractivity contribution < 1.29 is 33.3 Å². The number of carbonyl (C=O) groups excluding carboxylic acids is 3. The summed E-state index contributed by atoms with van der Waals surface area (Å²) in [6.45, 7) is 5.39. The number of phosphoric acid groups is 1. The molecule has 0 aliphatic rings. The summed E-state index contributed by atoms with van der Waals surface area (Å²) in [6, 6.07) is 14.0. The summed E-state index contributed by atoms with van der Waals surface area (Å²) in [4.78, 5) is 55.4. The van der Waals surface area contributed by atoms with E-state index in [0.717, 1.165) is 12.8 Å². The molecule has 5 N–H and O–H groups in total. The molecule has 2 atom stereocenters. The van der Waals surface area contributed by atoms with E-state index in [-0.39, 0.29) is 24.0 Å². The van der Waals surface area contributed by atoms with Gasteiger partial charge >= 0.3 is 7.82 Å². The van der Waals surface area contributed by atoms with Gasteiger partial charge in [-0.15, -0.1) is 0 Å². The molecule has 0 saturated carbocycles. The standard InChI is InChI=1S/C25H34N3O7P/c1-17(2)23(25(31)26-15-7-10-19-8-5-4-6-9-19)28-24(30)22(27-18(3)29)16-20-11-13-21(14-12-20)35-36(32,33)34/h4-6,8-9,11-14,17,22-23H,7,10,15-16H2,1-3H3,(H,26,31)(H,27,29)(H,28,30)(H2,32,33,34)/t22-,23-/m0/s1. The Morgan fingerprint density at radius 1 is 0.917 bits per heavy atom. The molecule has 3 amide bonds. The number of benzene rings is 2. The molecule has 36 heavy (non-hydrogen) atoms. The highest BCUT2D eigenvalue weighted by molar-refractivity contribution is 7.46. The molecule has 0 heterocycles. The fourth-order valence-electron chi connectivity index (χ4n) is 3.56. The first-order valence-corrected chi connectivity index (χ1v) is 13.2. The van der Waals surface area contributed by atoms with Gasteiger partial charge in [-0.1, -0.05) is 56.3 Å². The first-order chi connectivity index (χ1) is 16.9. The third-order valence-electron chi connectivity index (χ3n) is 5.31. The average Bonchev–Trinajstić information content (AvgIpc) is 2.80. The topological polar surface area (TPSA) is 154 Å². The Labute approximate surface area is 211 Å². The predicted molar refractivity (Wildman–Crippen MR) is 135 cm³/mol. The largest absolute Gasteiger partial charge is 0.524 e. The van der Waals surface area contributed by atoms with Crippen LogP contribution >= 0.6 is 7.82 Å². The molecule has 2 rings (SSSR count). The molecule has 11 heteroatoms. The van der Waals surface area contributed by atoms with Crippen LogP contribution in [0.25, 0.3) is 0 Å². The van der Waals surface area contributed by atoms with Crippen LogP contribution in [0.3, 0.4) is 0 Å². The quantitative estimate of drug-likeness (QED) is 0.201. The fourth-order valence-corrected chi connectivity index (χ4v) is 3.96. The molecule has 0 bridgehead atoms. The van der Waals surface area contributed by atoms with Crippen molar-refractivity contribution in [2.45, 2.75) is 52.1 Å². The number of phosphoric ester groups is 1. The highest BCUT2D eigenvalue weighted by Gasteiger charge is 2.28. The van der Waals surface area contributed by atoms with Crippen LogP contribution in [-0.2, 0) is 31.8 Å². The van der Waals surface area contributed by atoms with Crippen molar-refractivity contribution in [1.29, 1.82) is 0 Å². The number of aryl methyl sites for hydroxylation is 1. The summed E-state index contributed by atoms with van der Waals surface area (Å²) in [6.07, 6.45) is 1.68. The molecule has 0 spiro atoms. The first kappa shape index (κ1) is 29.0. The van der Waals surface area contributed by atoms with Crippen molar-refractivity contribution in [3.05, 3.63) is 65.7 Å². The molecular formula is C25H34N3O7P. The van der Waals surface area contributed by atoms with E-state index in [9.17, 15) is 18.9 Å². The minimum atomic E-state index is -4.69. The Balaban J connectivity index is 1.98. The van der Waals surface area contributed by atoms with Gasteiger partial charge in [-0.25, -0.2) is 4.57 Å². The van der Waals surface area contributed by atoms with Crippen LogP contribution in [0.2, 0.25) is 0 Å². The lowest BCUT2D eigenvalue weighted by molar-refractivity contribution is -0.132. The molecule has 2 aromatic carbocycles. The second-order valence-corrected chi connectivity index (χ2v) is 9.96. The van der Waals surface area contributed by atoms with Crippen LogP contribution in [0.1, 0.15) is 38.3 Å². The molecule has 0 aromatic heterocycles. The van der Waals surface area contributed by atoms with Crippen molar-refractivity contribution in [1.82, 2.24) is 16.0 Å². The second-order valence-electron chi connectivity index (χ2n) is 8.79. The maximum atomic E-state index is 13.0. The lowest BCUT2D eigenvalue weighted by Gasteiger charge is -2.25. The monoisotopic (exact) mass is 519 g/mol. The summed E-state index contributed by atoms with van der Waals surface area (Å²) in [5, 5.41) is 8.22. The van der Waals surface area contributed by atoms with Gasteiger partial charge in [0.2, 0.25) is 17.7 Å². The van der Waals surface area contributed by atoms with Crippen molar-refractivity contribution in [3.63, 3.8) is 0 Å². The minimum Gasteiger partial charge on any atom is -0.404 e. The molecule has 0 aliphatic heterocycles. The van der Waals surface area contributed by atoms with Crippen LogP contribution in [0.15, 0.2) is 54.6 Å². The van der Waals surface area contributed by atoms with Gasteiger partial charge in [0.15, 0.2) is 0 Å².